The first kappa shape index (κ1) is 11.2. The van der Waals surface area contributed by atoms with Gasteiger partial charge in [-0.2, -0.15) is 9.61 Å². The summed E-state index contributed by atoms with van der Waals surface area (Å²) in [5, 5.41) is 11.8. The van der Waals surface area contributed by atoms with Crippen molar-refractivity contribution >= 4 is 11.5 Å². The van der Waals surface area contributed by atoms with Crippen molar-refractivity contribution in [3.05, 3.63) is 12.2 Å². The molecule has 18 heavy (non-hydrogen) atoms. The average molecular weight is 254 g/mol. The van der Waals surface area contributed by atoms with E-state index in [1.54, 1.807) is 0 Å². The highest BCUT2D eigenvalue weighted by Gasteiger charge is 2.38. The Morgan fingerprint density at radius 1 is 1.39 bits per heavy atom. The summed E-state index contributed by atoms with van der Waals surface area (Å²) in [7, 11) is 0. The fraction of sp³-hybridized carbons (Fsp3) is 0.600. The number of nitrogen functional groups attached to an aromatic ring is 1. The second kappa shape index (κ2) is 3.82. The first-order valence-corrected chi connectivity index (χ1v) is 5.76. The van der Waals surface area contributed by atoms with Gasteiger partial charge in [-0.25, -0.2) is 13.8 Å². The highest BCUT2D eigenvalue weighted by atomic mass is 19.3. The maximum Gasteiger partial charge on any atom is 0.248 e. The lowest BCUT2D eigenvalue weighted by molar-refractivity contribution is -0.0419. The fourth-order valence-electron chi connectivity index (χ4n) is 2.41. The van der Waals surface area contributed by atoms with Gasteiger partial charge in [0.1, 0.15) is 6.33 Å². The topological polar surface area (TPSA) is 82.0 Å². The molecule has 3 rings (SSSR count). The quantitative estimate of drug-likeness (QED) is 0.831. The molecule has 1 saturated carbocycles. The van der Waals surface area contributed by atoms with Crippen LogP contribution in [0.1, 0.15) is 37.4 Å². The molecule has 0 spiro atoms. The maximum atomic E-state index is 13.4. The SMILES string of the molecule is Nc1ncnn2c(C3CCCC(F)(F)C3)nnc12. The minimum Gasteiger partial charge on any atom is -0.380 e. The van der Waals surface area contributed by atoms with Gasteiger partial charge in [0.05, 0.1) is 0 Å². The fourth-order valence-corrected chi connectivity index (χ4v) is 2.41. The average Bonchev–Trinajstić information content (AvgIpc) is 2.73. The number of hydrogen-bond acceptors (Lipinski definition) is 5. The van der Waals surface area contributed by atoms with Gasteiger partial charge < -0.3 is 5.73 Å². The molecule has 96 valence electrons. The summed E-state index contributed by atoms with van der Waals surface area (Å²) in [6.45, 7) is 0. The van der Waals surface area contributed by atoms with Crippen LogP contribution in [-0.2, 0) is 0 Å². The molecular weight excluding hydrogens is 242 g/mol. The number of fused-ring (bicyclic) bond motifs is 1. The molecule has 0 saturated heterocycles. The van der Waals surface area contributed by atoms with Gasteiger partial charge in [-0.15, -0.1) is 10.2 Å². The summed E-state index contributed by atoms with van der Waals surface area (Å²) in [5.41, 5.74) is 5.95. The Kier molecular flexibility index (Phi) is 2.39. The highest BCUT2D eigenvalue weighted by Crippen LogP contribution is 2.41. The summed E-state index contributed by atoms with van der Waals surface area (Å²) >= 11 is 0. The molecule has 0 radical (unpaired) electrons. The molecule has 6 nitrogen and oxygen atoms in total. The third-order valence-electron chi connectivity index (χ3n) is 3.26. The number of nitrogens with two attached hydrogens (primary N) is 1. The van der Waals surface area contributed by atoms with Crippen LogP contribution in [0, 0.1) is 0 Å². The smallest absolute Gasteiger partial charge is 0.248 e. The largest absolute Gasteiger partial charge is 0.380 e. The van der Waals surface area contributed by atoms with E-state index in [1.807, 2.05) is 0 Å². The van der Waals surface area contributed by atoms with Crippen molar-refractivity contribution in [3.8, 4) is 0 Å². The molecule has 1 aliphatic carbocycles. The van der Waals surface area contributed by atoms with Crippen LogP contribution in [0.15, 0.2) is 6.33 Å². The molecule has 1 atom stereocenters. The minimum atomic E-state index is -2.63. The molecule has 2 N–H and O–H groups in total. The van der Waals surface area contributed by atoms with Crippen molar-refractivity contribution in [2.45, 2.75) is 37.5 Å². The molecule has 0 amide bonds. The first-order valence-electron chi connectivity index (χ1n) is 5.76. The molecule has 0 aromatic carbocycles. The van der Waals surface area contributed by atoms with Crippen LogP contribution >= 0.6 is 0 Å². The third-order valence-corrected chi connectivity index (χ3v) is 3.26. The molecule has 0 bridgehead atoms. The molecule has 1 fully saturated rings. The van der Waals surface area contributed by atoms with E-state index in [0.29, 0.717) is 24.3 Å². The highest BCUT2D eigenvalue weighted by molar-refractivity contribution is 5.57. The van der Waals surface area contributed by atoms with Crippen molar-refractivity contribution in [1.29, 1.82) is 0 Å². The van der Waals surface area contributed by atoms with Gasteiger partial charge >= 0.3 is 0 Å². The van der Waals surface area contributed by atoms with E-state index < -0.39 is 5.92 Å². The van der Waals surface area contributed by atoms with Crippen molar-refractivity contribution < 1.29 is 8.78 Å². The Hall–Kier alpha value is -1.86. The van der Waals surface area contributed by atoms with E-state index in [1.165, 1.54) is 10.8 Å². The summed E-state index contributed by atoms with van der Waals surface area (Å²) < 4.78 is 28.2. The minimum absolute atomic E-state index is 0.0582. The molecule has 0 aliphatic heterocycles. The molecular formula is C10H12F2N6. The number of halogens is 2. The van der Waals surface area contributed by atoms with E-state index in [0.717, 1.165) is 0 Å². The maximum absolute atomic E-state index is 13.4. The predicted molar refractivity (Wildman–Crippen MR) is 59.1 cm³/mol. The Morgan fingerprint density at radius 3 is 3.00 bits per heavy atom. The van der Waals surface area contributed by atoms with Gasteiger partial charge in [0.2, 0.25) is 11.6 Å². The van der Waals surface area contributed by atoms with Crippen LogP contribution in [0.4, 0.5) is 14.6 Å². The third kappa shape index (κ3) is 1.77. The molecule has 2 aromatic rings. The van der Waals surface area contributed by atoms with Gasteiger partial charge in [0.15, 0.2) is 11.6 Å². The number of aromatic nitrogens is 5. The van der Waals surface area contributed by atoms with Crippen molar-refractivity contribution in [2.75, 3.05) is 5.73 Å². The van der Waals surface area contributed by atoms with Gasteiger partial charge in [0, 0.05) is 18.8 Å². The lowest BCUT2D eigenvalue weighted by atomic mass is 9.86. The summed E-state index contributed by atoms with van der Waals surface area (Å²) in [6, 6.07) is 0. The van der Waals surface area contributed by atoms with E-state index in [2.05, 4.69) is 20.3 Å². The molecule has 1 unspecified atom stereocenters. The molecule has 2 aromatic heterocycles. The summed E-state index contributed by atoms with van der Waals surface area (Å²) in [4.78, 5) is 3.79. The number of alkyl halides is 2. The van der Waals surface area contributed by atoms with E-state index in [4.69, 9.17) is 5.73 Å². The Morgan fingerprint density at radius 2 is 2.22 bits per heavy atom. The number of rotatable bonds is 1. The Labute approximate surface area is 101 Å². The Bertz CT molecular complexity index is 581. The van der Waals surface area contributed by atoms with Gasteiger partial charge in [-0.3, -0.25) is 0 Å². The number of anilines is 1. The van der Waals surface area contributed by atoms with Crippen molar-refractivity contribution in [2.24, 2.45) is 0 Å². The molecule has 8 heteroatoms. The molecule has 2 heterocycles. The van der Waals surface area contributed by atoms with E-state index in [9.17, 15) is 8.78 Å². The van der Waals surface area contributed by atoms with E-state index >= 15 is 0 Å². The van der Waals surface area contributed by atoms with Crippen LogP contribution in [0.3, 0.4) is 0 Å². The van der Waals surface area contributed by atoms with Gasteiger partial charge in [-0.05, 0) is 12.8 Å². The number of hydrogen-bond donors (Lipinski definition) is 1. The summed E-state index contributed by atoms with van der Waals surface area (Å²) in [6.07, 6.45) is 2.15. The van der Waals surface area contributed by atoms with Crippen LogP contribution in [0.25, 0.3) is 5.65 Å². The number of nitrogens with zero attached hydrogens (tertiary/aromatic N) is 5. The van der Waals surface area contributed by atoms with Crippen LogP contribution in [0.5, 0.6) is 0 Å². The first-order chi connectivity index (χ1) is 8.57. The second-order valence-corrected chi connectivity index (χ2v) is 4.59. The summed E-state index contributed by atoms with van der Waals surface area (Å²) in [5.74, 6) is -2.32. The van der Waals surface area contributed by atoms with Crippen molar-refractivity contribution in [3.63, 3.8) is 0 Å². The standard InChI is InChI=1S/C10H12F2N6/c11-10(12)3-1-2-6(4-10)8-16-17-9-7(13)14-5-15-18(8)9/h5-6H,1-4H2,(H2,13,14,15). The monoisotopic (exact) mass is 254 g/mol. The zero-order valence-electron chi connectivity index (χ0n) is 9.55. The van der Waals surface area contributed by atoms with Gasteiger partial charge in [0.25, 0.3) is 0 Å². The lowest BCUT2D eigenvalue weighted by Gasteiger charge is -2.27. The van der Waals surface area contributed by atoms with Gasteiger partial charge in [-0.1, -0.05) is 0 Å². The normalized spacial score (nSPS) is 23.3. The van der Waals surface area contributed by atoms with Crippen LogP contribution in [0.2, 0.25) is 0 Å². The zero-order valence-corrected chi connectivity index (χ0v) is 9.55. The van der Waals surface area contributed by atoms with Crippen LogP contribution in [-0.4, -0.2) is 30.7 Å². The van der Waals surface area contributed by atoms with Crippen molar-refractivity contribution in [1.82, 2.24) is 24.8 Å². The zero-order chi connectivity index (χ0) is 12.8. The Balaban J connectivity index is 2.02. The van der Waals surface area contributed by atoms with E-state index in [-0.39, 0.29) is 24.6 Å². The predicted octanol–water partition coefficient (Wildman–Crippen LogP) is 1.39. The second-order valence-electron chi connectivity index (χ2n) is 4.59. The lowest BCUT2D eigenvalue weighted by Crippen LogP contribution is -2.26. The van der Waals surface area contributed by atoms with Crippen LogP contribution < -0.4 is 5.73 Å². The molecule has 1 aliphatic rings.